The van der Waals surface area contributed by atoms with Crippen molar-refractivity contribution in [2.24, 2.45) is 17.8 Å². The third-order valence-corrected chi connectivity index (χ3v) is 20.2. The highest BCUT2D eigenvalue weighted by molar-refractivity contribution is 7.86. The molecule has 0 aromatic rings. The molecule has 0 amide bonds. The van der Waals surface area contributed by atoms with Crippen LogP contribution >= 0.6 is 0 Å². The van der Waals surface area contributed by atoms with Crippen LogP contribution in [0.5, 0.6) is 0 Å². The van der Waals surface area contributed by atoms with Crippen molar-refractivity contribution in [3.05, 3.63) is 48.6 Å². The smallest absolute Gasteiger partial charge is 0.264 e. The van der Waals surface area contributed by atoms with Gasteiger partial charge in [0.05, 0.1) is 110 Å². The predicted octanol–water partition coefficient (Wildman–Crippen LogP) is 10.0. The number of methoxy groups -OCH3 is 3. The lowest BCUT2D eigenvalue weighted by Crippen LogP contribution is -2.55. The summed E-state index contributed by atoms with van der Waals surface area (Å²) >= 11 is 0. The molecule has 6 aliphatic heterocycles. The number of hydrogen-bond donors (Lipinski definition) is 0. The number of epoxide rings is 6. The van der Waals surface area contributed by atoms with Gasteiger partial charge in [0.15, 0.2) is 0 Å². The normalized spacial score (nSPS) is 40.5. The molecule has 6 saturated heterocycles. The molecule has 9 aliphatic rings. The predicted molar refractivity (Wildman–Crippen MR) is 316 cm³/mol. The number of allylic oxidation sites excluding steroid dienone is 4. The first kappa shape index (κ1) is 69.4. The van der Waals surface area contributed by atoms with E-state index >= 15 is 0 Å². The van der Waals surface area contributed by atoms with E-state index in [0.717, 1.165) is 70.1 Å². The molecule has 0 N–H and O–H groups in total. The van der Waals surface area contributed by atoms with Gasteiger partial charge in [-0.15, -0.1) is 6.58 Å². The third-order valence-electron chi connectivity index (χ3n) is 18.4. The van der Waals surface area contributed by atoms with Crippen LogP contribution in [0, 0.1) is 17.8 Å². The van der Waals surface area contributed by atoms with Gasteiger partial charge in [-0.2, -0.15) is 25.3 Å². The lowest BCUT2D eigenvalue weighted by molar-refractivity contribution is -0.105. The van der Waals surface area contributed by atoms with Crippen molar-refractivity contribution in [2.45, 2.75) is 260 Å². The molecule has 82 heavy (non-hydrogen) atoms. The zero-order chi connectivity index (χ0) is 60.6. The van der Waals surface area contributed by atoms with Crippen LogP contribution in [0.2, 0.25) is 0 Å². The maximum absolute atomic E-state index is 11.7. The second kappa shape index (κ2) is 28.7. The average Bonchev–Trinajstić information content (AvgIpc) is 2.57. The summed E-state index contributed by atoms with van der Waals surface area (Å²) in [6, 6.07) is 0. The summed E-state index contributed by atoms with van der Waals surface area (Å²) in [5, 5.41) is 0. The zero-order valence-electron chi connectivity index (χ0n) is 52.0. The first-order valence-electron chi connectivity index (χ1n) is 30.3. The van der Waals surface area contributed by atoms with Crippen molar-refractivity contribution in [1.82, 2.24) is 0 Å². The highest BCUT2D eigenvalue weighted by Gasteiger charge is 2.75. The average molecular weight is 1220 g/mol. The molecule has 9 fully saturated rings. The monoisotopic (exact) mass is 1220 g/mol. The summed E-state index contributed by atoms with van der Waals surface area (Å²) in [6.07, 6.45) is 31.5. The highest BCUT2D eigenvalue weighted by Crippen LogP contribution is 2.62. The van der Waals surface area contributed by atoms with Gasteiger partial charge in [-0.25, -0.2) is 0 Å². The van der Waals surface area contributed by atoms with E-state index in [1.54, 1.807) is 21.3 Å². The largest absolute Gasteiger partial charge is 0.378 e. The van der Waals surface area contributed by atoms with E-state index in [-0.39, 0.29) is 88.0 Å². The molecule has 0 aromatic carbocycles. The lowest BCUT2D eigenvalue weighted by atomic mass is 9.68. The quantitative estimate of drug-likeness (QED) is 0.0322. The van der Waals surface area contributed by atoms with Crippen LogP contribution in [0.3, 0.4) is 0 Å². The fourth-order valence-corrected chi connectivity index (χ4v) is 15.8. The Morgan fingerprint density at radius 1 is 0.500 bits per heavy atom. The topological polar surface area (TPSA) is 233 Å². The minimum atomic E-state index is -3.54. The maximum atomic E-state index is 11.7. The van der Waals surface area contributed by atoms with Crippen LogP contribution in [0.25, 0.3) is 0 Å². The van der Waals surface area contributed by atoms with Crippen LogP contribution in [0.15, 0.2) is 48.6 Å². The Morgan fingerprint density at radius 2 is 0.793 bits per heavy atom. The van der Waals surface area contributed by atoms with Gasteiger partial charge in [0.1, 0.15) is 35.1 Å². The lowest BCUT2D eigenvalue weighted by Gasteiger charge is -2.42. The number of ether oxygens (including phenoxy) is 9. The molecule has 0 bridgehead atoms. The summed E-state index contributed by atoms with van der Waals surface area (Å²) < 4.78 is 139. The fourth-order valence-electron chi connectivity index (χ4n) is 13.8. The van der Waals surface area contributed by atoms with Crippen LogP contribution in [0.4, 0.5) is 0 Å². The molecule has 6 heterocycles. The zero-order valence-corrected chi connectivity index (χ0v) is 54.5. The molecular weight excluding hydrogens is 1120 g/mol. The summed E-state index contributed by atoms with van der Waals surface area (Å²) in [5.41, 5.74) is -0.622. The molecule has 18 nitrogen and oxygen atoms in total. The molecule has 3 saturated carbocycles. The van der Waals surface area contributed by atoms with E-state index in [4.69, 9.17) is 55.2 Å². The van der Waals surface area contributed by atoms with Gasteiger partial charge in [-0.1, -0.05) is 101 Å². The molecule has 3 spiro atoms. The van der Waals surface area contributed by atoms with Crippen molar-refractivity contribution < 1.29 is 80.4 Å². The van der Waals surface area contributed by atoms with E-state index in [1.807, 2.05) is 6.08 Å². The molecular formula is C61H104O18S3. The Morgan fingerprint density at radius 3 is 1.02 bits per heavy atom. The van der Waals surface area contributed by atoms with E-state index in [0.29, 0.717) is 39.1 Å². The standard InChI is InChI=1S/2C19H32O6S.C17H28O6S.C6H12/c2*1-5-6-7-8-9-10-15-18(2,24-15)17-16(22-3)14(25-26(4,20)21)11-12-19(17)13-23-19;1-11(2)6-7-13-16(3,22-13)15-14(20-4)12(23-24(5,18)19)8-9-17(15)10-21-17;1-3-5-6-4-2/h2*8-9,14-17H,5-7,10-13H2,1-4H3;6,12-15H,7-10H2,1-5H3;3H,1,4-6H2,2H3/b2*9-8+;;/t2*14-,15-,16-,17-,18+,19+;12-,13-,14-,15-,16+,17+;/m111./s1. The van der Waals surface area contributed by atoms with Crippen LogP contribution in [-0.4, -0.2) is 174 Å². The van der Waals surface area contributed by atoms with Crippen molar-refractivity contribution in [3.63, 3.8) is 0 Å². The summed E-state index contributed by atoms with van der Waals surface area (Å²) in [5.74, 6) is -0.102. The molecule has 0 unspecified atom stereocenters. The van der Waals surface area contributed by atoms with Gasteiger partial charge in [-0.3, -0.25) is 12.5 Å². The van der Waals surface area contributed by atoms with Crippen LogP contribution in [-0.2, 0) is 85.5 Å². The Kier molecular flexibility index (Phi) is 24.3. The van der Waals surface area contributed by atoms with Gasteiger partial charge in [0.25, 0.3) is 30.4 Å². The van der Waals surface area contributed by atoms with Gasteiger partial charge >= 0.3 is 0 Å². The van der Waals surface area contributed by atoms with Gasteiger partial charge in [-0.05, 0) is 112 Å². The number of unbranched alkanes of at least 4 members (excludes halogenated alkanes) is 6. The fraction of sp³-hybridized carbons (Fsp3) is 0.869. The molecule has 9 rings (SSSR count). The molecule has 3 aliphatic carbocycles. The Labute approximate surface area is 494 Å². The second-order valence-electron chi connectivity index (χ2n) is 25.2. The Hall–Kier alpha value is -1.67. The minimum Gasteiger partial charge on any atom is -0.378 e. The van der Waals surface area contributed by atoms with Crippen LogP contribution in [0.1, 0.15) is 171 Å². The molecule has 0 aromatic heterocycles. The third kappa shape index (κ3) is 18.0. The van der Waals surface area contributed by atoms with Crippen LogP contribution < -0.4 is 0 Å². The first-order chi connectivity index (χ1) is 38.5. The number of rotatable bonds is 27. The summed E-state index contributed by atoms with van der Waals surface area (Å²) in [6.45, 7) is 22.6. The van der Waals surface area contributed by atoms with Crippen molar-refractivity contribution in [2.75, 3.05) is 59.9 Å². The number of hydrogen-bond acceptors (Lipinski definition) is 18. The highest BCUT2D eigenvalue weighted by atomic mass is 32.2. The second-order valence-corrected chi connectivity index (χ2v) is 30.0. The Bertz CT molecular complexity index is 2390. The summed E-state index contributed by atoms with van der Waals surface area (Å²) in [4.78, 5) is 0. The van der Waals surface area contributed by atoms with Gasteiger partial charge < -0.3 is 42.6 Å². The molecule has 18 atom stereocenters. The molecule has 21 heteroatoms. The van der Waals surface area contributed by atoms with Gasteiger partial charge in [0, 0.05) is 21.3 Å². The summed E-state index contributed by atoms with van der Waals surface area (Å²) in [7, 11) is -5.79. The minimum absolute atomic E-state index is 0.0328. The van der Waals surface area contributed by atoms with Crippen molar-refractivity contribution in [3.8, 4) is 0 Å². The first-order valence-corrected chi connectivity index (χ1v) is 35.7. The molecule has 0 radical (unpaired) electrons. The van der Waals surface area contributed by atoms with E-state index in [2.05, 4.69) is 92.3 Å². The van der Waals surface area contributed by atoms with Crippen molar-refractivity contribution >= 4 is 30.4 Å². The van der Waals surface area contributed by atoms with Crippen molar-refractivity contribution in [1.29, 1.82) is 0 Å². The van der Waals surface area contributed by atoms with E-state index < -0.39 is 48.7 Å². The Balaban J connectivity index is 0.000000188. The SMILES string of the molecule is C=CCCCC.CCCC/C=C/C[C@H]1O[C@]1(C)[C@H]1[C@H](OC)[C@H](OS(C)(=O)=O)CC[C@]12CO2.CCCC/C=C/C[C@H]1O[C@]1(C)[C@H]1[C@H](OC)[C@H](OS(C)(=O)=O)CC[C@]12CO2.CO[C@@H]1[C@H](OS(C)(=O)=O)CC[C@]2(CO2)[C@H]1[C@@]1(C)O[C@@H]1CC=C(C)C. The maximum Gasteiger partial charge on any atom is 0.264 e. The van der Waals surface area contributed by atoms with E-state index in [9.17, 15) is 25.3 Å². The molecule has 474 valence electrons. The van der Waals surface area contributed by atoms with E-state index in [1.165, 1.54) is 50.5 Å². The van der Waals surface area contributed by atoms with Gasteiger partial charge in [0.2, 0.25) is 0 Å².